The molecule has 2 rings (SSSR count). The van der Waals surface area contributed by atoms with Crippen molar-refractivity contribution in [2.45, 2.75) is 23.3 Å². The van der Waals surface area contributed by atoms with Crippen molar-refractivity contribution in [2.24, 2.45) is 7.05 Å². The molecule has 0 fully saturated rings. The van der Waals surface area contributed by atoms with Gasteiger partial charge in [0.15, 0.2) is 0 Å². The summed E-state index contributed by atoms with van der Waals surface area (Å²) in [7, 11) is 2.00. The third-order valence-electron chi connectivity index (χ3n) is 3.42. The van der Waals surface area contributed by atoms with Crippen LogP contribution in [0.3, 0.4) is 0 Å². The zero-order valence-corrected chi connectivity index (χ0v) is 15.2. The summed E-state index contributed by atoms with van der Waals surface area (Å²) in [5, 5.41) is 10.7. The standard InChI is InChI=1S/C19H18ClN3S/c1-4-15(13-21)7-5-6-8-18-19(23(3)14(2)22-18)24-17-11-9-16(20)10-12-17/h4,6-12H,1,5H2,2-3H3/b8-6+,15-7?. The summed E-state index contributed by atoms with van der Waals surface area (Å²) in [6.07, 6.45) is 8.04. The first-order valence-electron chi connectivity index (χ1n) is 7.41. The predicted molar refractivity (Wildman–Crippen MR) is 101 cm³/mol. The number of aryl methyl sites for hydroxylation is 1. The van der Waals surface area contributed by atoms with E-state index in [1.165, 1.54) is 0 Å². The summed E-state index contributed by atoms with van der Waals surface area (Å²) in [4.78, 5) is 5.71. The molecule has 1 aromatic heterocycles. The van der Waals surface area contributed by atoms with Gasteiger partial charge in [-0.25, -0.2) is 4.98 Å². The molecule has 0 saturated heterocycles. The zero-order valence-electron chi connectivity index (χ0n) is 13.7. The van der Waals surface area contributed by atoms with Gasteiger partial charge in [-0.15, -0.1) is 0 Å². The zero-order chi connectivity index (χ0) is 17.5. The van der Waals surface area contributed by atoms with E-state index in [1.807, 2.05) is 56.5 Å². The fourth-order valence-electron chi connectivity index (χ4n) is 2.01. The van der Waals surface area contributed by atoms with Crippen molar-refractivity contribution in [2.75, 3.05) is 0 Å². The Bertz CT molecular complexity index is 824. The molecule has 0 N–H and O–H groups in total. The Balaban J connectivity index is 2.20. The number of nitrogens with zero attached hydrogens (tertiary/aromatic N) is 3. The van der Waals surface area contributed by atoms with Crippen LogP contribution in [0.25, 0.3) is 6.08 Å². The molecular formula is C19H18ClN3S. The SMILES string of the molecule is C=CC(C#N)=CC/C=C/c1nc(C)n(C)c1Sc1ccc(Cl)cc1. The molecule has 0 unspecified atom stereocenters. The summed E-state index contributed by atoms with van der Waals surface area (Å²) in [6.45, 7) is 5.59. The Kier molecular flexibility index (Phi) is 6.48. The number of aromatic nitrogens is 2. The quantitative estimate of drug-likeness (QED) is 0.502. The lowest BCUT2D eigenvalue weighted by Crippen LogP contribution is -1.93. The van der Waals surface area contributed by atoms with E-state index in [1.54, 1.807) is 17.8 Å². The highest BCUT2D eigenvalue weighted by molar-refractivity contribution is 7.99. The van der Waals surface area contributed by atoms with Crippen molar-refractivity contribution in [3.63, 3.8) is 0 Å². The van der Waals surface area contributed by atoms with Crippen molar-refractivity contribution < 1.29 is 0 Å². The second-order valence-corrected chi connectivity index (χ2v) is 6.58. The van der Waals surface area contributed by atoms with Gasteiger partial charge in [-0.3, -0.25) is 0 Å². The van der Waals surface area contributed by atoms with Gasteiger partial charge in [0.1, 0.15) is 10.9 Å². The van der Waals surface area contributed by atoms with Crippen LogP contribution in [-0.4, -0.2) is 9.55 Å². The minimum atomic E-state index is 0.576. The van der Waals surface area contributed by atoms with Crippen LogP contribution in [0.1, 0.15) is 17.9 Å². The second kappa shape index (κ2) is 8.58. The molecule has 0 amide bonds. The van der Waals surface area contributed by atoms with E-state index in [-0.39, 0.29) is 0 Å². The maximum Gasteiger partial charge on any atom is 0.107 e. The smallest absolute Gasteiger partial charge is 0.107 e. The molecule has 0 aliphatic carbocycles. The molecule has 0 aliphatic heterocycles. The highest BCUT2D eigenvalue weighted by Crippen LogP contribution is 2.32. The van der Waals surface area contributed by atoms with Crippen LogP contribution in [0.4, 0.5) is 0 Å². The van der Waals surface area contributed by atoms with Crippen LogP contribution in [0.2, 0.25) is 5.02 Å². The topological polar surface area (TPSA) is 41.6 Å². The Hall–Kier alpha value is -2.22. The lowest BCUT2D eigenvalue weighted by molar-refractivity contribution is 0.784. The molecule has 2 aromatic rings. The Morgan fingerprint density at radius 3 is 2.75 bits per heavy atom. The highest BCUT2D eigenvalue weighted by Gasteiger charge is 2.11. The van der Waals surface area contributed by atoms with Crippen molar-refractivity contribution in [1.82, 2.24) is 9.55 Å². The summed E-state index contributed by atoms with van der Waals surface area (Å²) in [5.74, 6) is 0.950. The first-order valence-corrected chi connectivity index (χ1v) is 8.60. The largest absolute Gasteiger partial charge is 0.326 e. The first-order chi connectivity index (χ1) is 11.5. The second-order valence-electron chi connectivity index (χ2n) is 5.08. The number of hydrogen-bond acceptors (Lipinski definition) is 3. The van der Waals surface area contributed by atoms with Crippen LogP contribution in [0, 0.1) is 18.3 Å². The average Bonchev–Trinajstić information content (AvgIpc) is 2.85. The predicted octanol–water partition coefficient (Wildman–Crippen LogP) is 5.57. The fraction of sp³-hybridized carbons (Fsp3) is 0.158. The van der Waals surface area contributed by atoms with Gasteiger partial charge in [-0.05, 0) is 43.7 Å². The molecule has 0 saturated carbocycles. The average molecular weight is 356 g/mol. The number of nitriles is 1. The lowest BCUT2D eigenvalue weighted by Gasteiger charge is -2.05. The number of halogens is 1. The number of hydrogen-bond donors (Lipinski definition) is 0. The highest BCUT2D eigenvalue weighted by atomic mass is 35.5. The molecular weight excluding hydrogens is 338 g/mol. The third-order valence-corrected chi connectivity index (χ3v) is 4.85. The van der Waals surface area contributed by atoms with Gasteiger partial charge in [-0.1, -0.05) is 48.2 Å². The molecule has 0 bridgehead atoms. The Morgan fingerprint density at radius 1 is 1.42 bits per heavy atom. The molecule has 5 heteroatoms. The van der Waals surface area contributed by atoms with E-state index in [4.69, 9.17) is 16.9 Å². The molecule has 24 heavy (non-hydrogen) atoms. The van der Waals surface area contributed by atoms with Gasteiger partial charge >= 0.3 is 0 Å². The Labute approximate surface area is 152 Å². The number of rotatable bonds is 6. The van der Waals surface area contributed by atoms with E-state index in [2.05, 4.69) is 22.2 Å². The Morgan fingerprint density at radius 2 is 2.12 bits per heavy atom. The summed E-state index contributed by atoms with van der Waals surface area (Å²) >= 11 is 7.59. The lowest BCUT2D eigenvalue weighted by atomic mass is 10.2. The van der Waals surface area contributed by atoms with Gasteiger partial charge in [0.25, 0.3) is 0 Å². The summed E-state index contributed by atoms with van der Waals surface area (Å²) in [6, 6.07) is 9.84. The molecule has 0 spiro atoms. The van der Waals surface area contributed by atoms with Crippen LogP contribution in [0.5, 0.6) is 0 Å². The van der Waals surface area contributed by atoms with E-state index in [9.17, 15) is 0 Å². The van der Waals surface area contributed by atoms with Gasteiger partial charge < -0.3 is 4.57 Å². The molecule has 0 aliphatic rings. The maximum absolute atomic E-state index is 8.87. The van der Waals surface area contributed by atoms with Crippen molar-refractivity contribution in [3.8, 4) is 6.07 Å². The minimum absolute atomic E-state index is 0.576. The number of allylic oxidation sites excluding steroid dienone is 4. The molecule has 3 nitrogen and oxygen atoms in total. The van der Waals surface area contributed by atoms with Gasteiger partial charge in [0.2, 0.25) is 0 Å². The molecule has 1 aromatic carbocycles. The van der Waals surface area contributed by atoms with Gasteiger partial charge in [0.05, 0.1) is 11.8 Å². The van der Waals surface area contributed by atoms with E-state index in [0.717, 1.165) is 26.5 Å². The maximum atomic E-state index is 8.87. The molecule has 122 valence electrons. The van der Waals surface area contributed by atoms with Gasteiger partial charge in [-0.2, -0.15) is 5.26 Å². The summed E-state index contributed by atoms with van der Waals surface area (Å²) < 4.78 is 2.07. The van der Waals surface area contributed by atoms with E-state index >= 15 is 0 Å². The van der Waals surface area contributed by atoms with Crippen LogP contribution in [-0.2, 0) is 7.05 Å². The monoisotopic (exact) mass is 355 g/mol. The third kappa shape index (κ3) is 4.64. The molecule has 0 radical (unpaired) electrons. The fourth-order valence-corrected chi connectivity index (χ4v) is 3.12. The molecule has 0 atom stereocenters. The van der Waals surface area contributed by atoms with Crippen LogP contribution < -0.4 is 0 Å². The van der Waals surface area contributed by atoms with E-state index < -0.39 is 0 Å². The first kappa shape index (κ1) is 18.1. The van der Waals surface area contributed by atoms with E-state index in [0.29, 0.717) is 12.0 Å². The van der Waals surface area contributed by atoms with Crippen LogP contribution >= 0.6 is 23.4 Å². The molecule has 1 heterocycles. The normalized spacial score (nSPS) is 11.7. The van der Waals surface area contributed by atoms with Crippen molar-refractivity contribution in [3.05, 3.63) is 71.2 Å². The summed E-state index contributed by atoms with van der Waals surface area (Å²) in [5.41, 5.74) is 1.49. The van der Waals surface area contributed by atoms with Crippen LogP contribution in [0.15, 0.2) is 64.6 Å². The minimum Gasteiger partial charge on any atom is -0.326 e. The number of imidazole rings is 1. The van der Waals surface area contributed by atoms with Crippen molar-refractivity contribution in [1.29, 1.82) is 5.26 Å². The van der Waals surface area contributed by atoms with Crippen molar-refractivity contribution >= 4 is 29.4 Å². The number of benzene rings is 1. The van der Waals surface area contributed by atoms with Gasteiger partial charge in [0, 0.05) is 22.5 Å².